The lowest BCUT2D eigenvalue weighted by Crippen LogP contribution is -2.41. The van der Waals surface area contributed by atoms with Crippen LogP contribution in [-0.4, -0.2) is 43.4 Å². The van der Waals surface area contributed by atoms with E-state index in [1.807, 2.05) is 55.5 Å². The van der Waals surface area contributed by atoms with E-state index >= 15 is 0 Å². The number of carbonyl (C=O) groups excluding carboxylic acids is 1. The molecular formula is C25H32N6O. The molecular weight excluding hydrogens is 400 g/mol. The van der Waals surface area contributed by atoms with Crippen molar-refractivity contribution in [2.45, 2.75) is 52.5 Å². The predicted octanol–water partition coefficient (Wildman–Crippen LogP) is 4.33. The Kier molecular flexibility index (Phi) is 6.83. The first-order valence-electron chi connectivity index (χ1n) is 11.5. The van der Waals surface area contributed by atoms with Crippen LogP contribution in [0.1, 0.15) is 49.8 Å². The summed E-state index contributed by atoms with van der Waals surface area (Å²) in [5.74, 6) is 2.43. The van der Waals surface area contributed by atoms with E-state index in [9.17, 15) is 4.79 Å². The number of aryl methyl sites for hydroxylation is 2. The van der Waals surface area contributed by atoms with E-state index in [1.54, 1.807) is 0 Å². The van der Waals surface area contributed by atoms with Gasteiger partial charge < -0.3 is 14.8 Å². The van der Waals surface area contributed by atoms with Crippen molar-refractivity contribution in [1.82, 2.24) is 24.4 Å². The highest BCUT2D eigenvalue weighted by atomic mass is 16.2. The predicted molar refractivity (Wildman–Crippen MR) is 126 cm³/mol. The van der Waals surface area contributed by atoms with Crippen molar-refractivity contribution >= 4 is 17.4 Å². The average Bonchev–Trinajstić information content (AvgIpc) is 3.26. The van der Waals surface area contributed by atoms with Gasteiger partial charge in [0, 0.05) is 55.8 Å². The molecule has 3 aromatic heterocycles. The van der Waals surface area contributed by atoms with Crippen LogP contribution in [0.2, 0.25) is 0 Å². The number of rotatable bonds is 7. The first kappa shape index (κ1) is 22.0. The van der Waals surface area contributed by atoms with Gasteiger partial charge in [0.05, 0.1) is 17.8 Å². The molecule has 1 N–H and O–H groups in total. The highest BCUT2D eigenvalue weighted by Gasteiger charge is 2.27. The highest BCUT2D eigenvalue weighted by Crippen LogP contribution is 2.28. The van der Waals surface area contributed by atoms with Crippen LogP contribution in [0.15, 0.2) is 48.9 Å². The molecule has 0 aromatic carbocycles. The van der Waals surface area contributed by atoms with Crippen molar-refractivity contribution < 1.29 is 4.79 Å². The number of hydrogen-bond donors (Lipinski definition) is 1. The van der Waals surface area contributed by atoms with E-state index in [4.69, 9.17) is 4.98 Å². The summed E-state index contributed by atoms with van der Waals surface area (Å²) in [6, 6.07) is 10.1. The Morgan fingerprint density at radius 2 is 2.00 bits per heavy atom. The lowest BCUT2D eigenvalue weighted by molar-refractivity contribution is -0.136. The number of hydrogen-bond acceptors (Lipinski definition) is 5. The zero-order valence-corrected chi connectivity index (χ0v) is 19.2. The van der Waals surface area contributed by atoms with Gasteiger partial charge in [-0.05, 0) is 44.0 Å². The Labute approximate surface area is 189 Å². The molecule has 1 aliphatic rings. The molecule has 4 rings (SSSR count). The summed E-state index contributed by atoms with van der Waals surface area (Å²) in [6.45, 7) is 8.34. The largest absolute Gasteiger partial charge is 0.342 e. The van der Waals surface area contributed by atoms with Gasteiger partial charge in [-0.3, -0.25) is 9.78 Å². The summed E-state index contributed by atoms with van der Waals surface area (Å²) < 4.78 is 2.10. The second kappa shape index (κ2) is 9.94. The van der Waals surface area contributed by atoms with E-state index in [0.29, 0.717) is 12.5 Å². The number of nitrogens with one attached hydrogen (secondary N) is 1. The van der Waals surface area contributed by atoms with Gasteiger partial charge in [-0.1, -0.05) is 19.9 Å². The SMILES string of the molecule is CCc1nccn1C[C@@H](C)C(=O)N1CCC(c2ccc(Nc3cccc(C)n3)cn2)CC1. The molecule has 0 spiro atoms. The minimum atomic E-state index is -0.0511. The molecule has 3 aromatic rings. The number of anilines is 2. The summed E-state index contributed by atoms with van der Waals surface area (Å²) in [7, 11) is 0. The number of piperidine rings is 1. The monoisotopic (exact) mass is 432 g/mol. The van der Waals surface area contributed by atoms with Crippen molar-refractivity contribution in [3.8, 4) is 0 Å². The number of pyridine rings is 2. The van der Waals surface area contributed by atoms with E-state index in [2.05, 4.69) is 38.9 Å². The number of imidazole rings is 1. The molecule has 7 heteroatoms. The molecule has 7 nitrogen and oxygen atoms in total. The summed E-state index contributed by atoms with van der Waals surface area (Å²) >= 11 is 0. The molecule has 1 saturated heterocycles. The summed E-state index contributed by atoms with van der Waals surface area (Å²) in [6.07, 6.45) is 8.42. The number of likely N-dealkylation sites (tertiary alicyclic amines) is 1. The second-order valence-corrected chi connectivity index (χ2v) is 8.61. The maximum absolute atomic E-state index is 13.0. The molecule has 0 unspecified atom stereocenters. The molecule has 1 amide bonds. The Hall–Kier alpha value is -3.22. The van der Waals surface area contributed by atoms with Crippen LogP contribution in [-0.2, 0) is 17.8 Å². The molecule has 1 aliphatic heterocycles. The van der Waals surface area contributed by atoms with E-state index < -0.39 is 0 Å². The van der Waals surface area contributed by atoms with Crippen LogP contribution in [0, 0.1) is 12.8 Å². The van der Waals surface area contributed by atoms with E-state index in [1.165, 1.54) is 0 Å². The van der Waals surface area contributed by atoms with Crippen LogP contribution >= 0.6 is 0 Å². The minimum absolute atomic E-state index is 0.0511. The molecule has 0 radical (unpaired) electrons. The Morgan fingerprint density at radius 3 is 2.69 bits per heavy atom. The standard InChI is InChI=1S/C25H32N6O/c1-4-24-26-12-15-31(24)17-18(2)25(32)30-13-10-20(11-14-30)22-9-8-21(16-27-22)29-23-7-5-6-19(3)28-23/h5-9,12,15-16,18,20H,4,10-11,13-14,17H2,1-3H3,(H,28,29)/t18-/m1/s1. The summed E-state index contributed by atoms with van der Waals surface area (Å²) in [5.41, 5.74) is 3.00. The van der Waals surface area contributed by atoms with Gasteiger partial charge in [-0.2, -0.15) is 0 Å². The minimum Gasteiger partial charge on any atom is -0.342 e. The van der Waals surface area contributed by atoms with Gasteiger partial charge in [-0.25, -0.2) is 9.97 Å². The van der Waals surface area contributed by atoms with Gasteiger partial charge in [0.2, 0.25) is 5.91 Å². The summed E-state index contributed by atoms with van der Waals surface area (Å²) in [4.78, 5) is 28.5. The third kappa shape index (κ3) is 5.15. The average molecular weight is 433 g/mol. The van der Waals surface area contributed by atoms with Crippen molar-refractivity contribution in [2.75, 3.05) is 18.4 Å². The molecule has 1 atom stereocenters. The van der Waals surface area contributed by atoms with Crippen molar-refractivity contribution in [3.05, 3.63) is 66.1 Å². The molecule has 0 aliphatic carbocycles. The summed E-state index contributed by atoms with van der Waals surface area (Å²) in [5, 5.41) is 3.30. The normalized spacial score (nSPS) is 15.5. The van der Waals surface area contributed by atoms with Gasteiger partial charge in [0.15, 0.2) is 0 Å². The quantitative estimate of drug-likeness (QED) is 0.601. The van der Waals surface area contributed by atoms with Crippen LogP contribution in [0.25, 0.3) is 0 Å². The molecule has 1 fully saturated rings. The van der Waals surface area contributed by atoms with Gasteiger partial charge in [0.25, 0.3) is 0 Å². The van der Waals surface area contributed by atoms with Crippen LogP contribution in [0.5, 0.6) is 0 Å². The Bertz CT molecular complexity index is 1040. The van der Waals surface area contributed by atoms with Crippen LogP contribution < -0.4 is 5.32 Å². The Balaban J connectivity index is 1.29. The molecule has 4 heterocycles. The van der Waals surface area contributed by atoms with Crippen LogP contribution in [0.3, 0.4) is 0 Å². The van der Waals surface area contributed by atoms with Crippen molar-refractivity contribution in [1.29, 1.82) is 0 Å². The number of carbonyl (C=O) groups is 1. The zero-order valence-electron chi connectivity index (χ0n) is 19.2. The highest BCUT2D eigenvalue weighted by molar-refractivity contribution is 5.78. The molecule has 168 valence electrons. The topological polar surface area (TPSA) is 75.9 Å². The maximum Gasteiger partial charge on any atom is 0.227 e. The molecule has 32 heavy (non-hydrogen) atoms. The lowest BCUT2D eigenvalue weighted by atomic mass is 9.92. The third-order valence-corrected chi connectivity index (χ3v) is 6.18. The fourth-order valence-electron chi connectivity index (χ4n) is 4.38. The first-order valence-corrected chi connectivity index (χ1v) is 11.5. The number of aromatic nitrogens is 4. The van der Waals surface area contributed by atoms with Gasteiger partial charge >= 0.3 is 0 Å². The van der Waals surface area contributed by atoms with Crippen molar-refractivity contribution in [2.24, 2.45) is 5.92 Å². The molecule has 0 saturated carbocycles. The number of nitrogens with zero attached hydrogens (tertiary/aromatic N) is 5. The fraction of sp³-hybridized carbons (Fsp3) is 0.440. The smallest absolute Gasteiger partial charge is 0.227 e. The zero-order chi connectivity index (χ0) is 22.5. The van der Waals surface area contributed by atoms with E-state index in [-0.39, 0.29) is 11.8 Å². The van der Waals surface area contributed by atoms with E-state index in [0.717, 1.165) is 61.1 Å². The van der Waals surface area contributed by atoms with Crippen molar-refractivity contribution in [3.63, 3.8) is 0 Å². The lowest BCUT2D eigenvalue weighted by Gasteiger charge is -2.33. The number of amides is 1. The van der Waals surface area contributed by atoms with Crippen LogP contribution in [0.4, 0.5) is 11.5 Å². The van der Waals surface area contributed by atoms with Gasteiger partial charge in [0.1, 0.15) is 11.6 Å². The molecule has 0 bridgehead atoms. The fourth-order valence-corrected chi connectivity index (χ4v) is 4.38. The maximum atomic E-state index is 13.0. The third-order valence-electron chi connectivity index (χ3n) is 6.18. The second-order valence-electron chi connectivity index (χ2n) is 8.61. The van der Waals surface area contributed by atoms with Gasteiger partial charge in [-0.15, -0.1) is 0 Å². The Morgan fingerprint density at radius 1 is 1.19 bits per heavy atom. The first-order chi connectivity index (χ1) is 15.5.